The second kappa shape index (κ2) is 5.94. The fourth-order valence-corrected chi connectivity index (χ4v) is 4.62. The van der Waals surface area contributed by atoms with Gasteiger partial charge in [-0.1, -0.05) is 6.07 Å². The molecule has 1 fully saturated rings. The lowest BCUT2D eigenvalue weighted by Gasteiger charge is -2.46. The van der Waals surface area contributed by atoms with E-state index in [1.165, 1.54) is 5.69 Å². The zero-order valence-electron chi connectivity index (χ0n) is 15.2. The zero-order chi connectivity index (χ0) is 18.4. The predicted octanol–water partition coefficient (Wildman–Crippen LogP) is 2.85. The summed E-state index contributed by atoms with van der Waals surface area (Å²) in [6.07, 6.45) is 6.46. The minimum atomic E-state index is -0.237. The quantitative estimate of drug-likeness (QED) is 0.706. The summed E-state index contributed by atoms with van der Waals surface area (Å²) >= 11 is 0. The average Bonchev–Trinajstić information content (AvgIpc) is 3.37. The number of hydrogen-bond donors (Lipinski definition) is 0. The van der Waals surface area contributed by atoms with Gasteiger partial charge in [0.05, 0.1) is 11.4 Å². The minimum absolute atomic E-state index is 0.00128. The Balaban J connectivity index is 1.58. The first-order valence-corrected chi connectivity index (χ1v) is 9.36. The van der Waals surface area contributed by atoms with Gasteiger partial charge in [0, 0.05) is 38.2 Å². The van der Waals surface area contributed by atoms with Crippen molar-refractivity contribution in [1.82, 2.24) is 19.4 Å². The van der Waals surface area contributed by atoms with Crippen LogP contribution in [-0.2, 0) is 5.54 Å². The number of carbonyl (C=O) groups excluding carboxylic acids is 1. The summed E-state index contributed by atoms with van der Waals surface area (Å²) in [5.74, 6) is 0.957. The minimum Gasteiger partial charge on any atom is -0.356 e. The van der Waals surface area contributed by atoms with Crippen LogP contribution in [0.15, 0.2) is 61.1 Å². The summed E-state index contributed by atoms with van der Waals surface area (Å²) in [5, 5.41) is 0. The maximum absolute atomic E-state index is 13.0. The standard InChI is InChI=1S/C21H21N5O/c1-2-26-17-8-5-12-23-19(17)25-13-6-9-18(25)21(26)10-14-24(15-21)20(27)16-7-3-4-11-22-16/h3-9,11-13H,2,10,14-15H2,1H3. The number of carbonyl (C=O) groups is 1. The predicted molar refractivity (Wildman–Crippen MR) is 103 cm³/mol. The number of aromatic nitrogens is 3. The highest BCUT2D eigenvalue weighted by Crippen LogP contribution is 2.46. The molecule has 6 heteroatoms. The molecule has 0 saturated carbocycles. The maximum Gasteiger partial charge on any atom is 0.272 e. The van der Waals surface area contributed by atoms with Crippen LogP contribution in [0.4, 0.5) is 5.69 Å². The van der Waals surface area contributed by atoms with Crippen LogP contribution in [-0.4, -0.2) is 45.0 Å². The number of likely N-dealkylation sites (N-methyl/N-ethyl adjacent to an activating group) is 1. The average molecular weight is 359 g/mol. The number of anilines is 1. The molecule has 0 aliphatic carbocycles. The number of hydrogen-bond acceptors (Lipinski definition) is 4. The number of likely N-dealkylation sites (tertiary alicyclic amines) is 1. The van der Waals surface area contributed by atoms with E-state index in [0.29, 0.717) is 18.8 Å². The van der Waals surface area contributed by atoms with Crippen LogP contribution in [0.1, 0.15) is 29.5 Å². The summed E-state index contributed by atoms with van der Waals surface area (Å²) in [4.78, 5) is 26.2. The van der Waals surface area contributed by atoms with E-state index in [1.807, 2.05) is 29.3 Å². The van der Waals surface area contributed by atoms with Crippen molar-refractivity contribution in [2.45, 2.75) is 18.9 Å². The van der Waals surface area contributed by atoms with E-state index >= 15 is 0 Å². The van der Waals surface area contributed by atoms with Gasteiger partial charge < -0.3 is 14.4 Å². The molecule has 1 atom stereocenters. The van der Waals surface area contributed by atoms with Crippen molar-refractivity contribution >= 4 is 11.6 Å². The molecule has 2 aliphatic rings. The van der Waals surface area contributed by atoms with Gasteiger partial charge in [0.15, 0.2) is 5.82 Å². The highest BCUT2D eigenvalue weighted by Gasteiger charge is 2.50. The van der Waals surface area contributed by atoms with Crippen molar-refractivity contribution in [2.24, 2.45) is 0 Å². The van der Waals surface area contributed by atoms with Gasteiger partial charge in [-0.15, -0.1) is 0 Å². The van der Waals surface area contributed by atoms with Crippen LogP contribution in [0.2, 0.25) is 0 Å². The maximum atomic E-state index is 13.0. The Kier molecular flexibility index (Phi) is 3.53. The molecule has 5 rings (SSSR count). The smallest absolute Gasteiger partial charge is 0.272 e. The first kappa shape index (κ1) is 16.1. The molecule has 0 radical (unpaired) electrons. The number of amides is 1. The molecular weight excluding hydrogens is 338 g/mol. The molecule has 5 heterocycles. The molecule has 1 saturated heterocycles. The summed E-state index contributed by atoms with van der Waals surface area (Å²) < 4.78 is 2.18. The van der Waals surface area contributed by atoms with E-state index < -0.39 is 0 Å². The number of fused-ring (bicyclic) bond motifs is 4. The van der Waals surface area contributed by atoms with E-state index in [4.69, 9.17) is 0 Å². The van der Waals surface area contributed by atoms with E-state index in [1.54, 1.807) is 12.3 Å². The van der Waals surface area contributed by atoms with Crippen LogP contribution in [0.3, 0.4) is 0 Å². The summed E-state index contributed by atoms with van der Waals surface area (Å²) in [6, 6.07) is 13.8. The second-order valence-corrected chi connectivity index (χ2v) is 7.08. The molecule has 27 heavy (non-hydrogen) atoms. The van der Waals surface area contributed by atoms with Crippen molar-refractivity contribution in [3.63, 3.8) is 0 Å². The van der Waals surface area contributed by atoms with Crippen molar-refractivity contribution in [1.29, 1.82) is 0 Å². The molecule has 3 aromatic heterocycles. The Morgan fingerprint density at radius 2 is 2.00 bits per heavy atom. The molecule has 3 aromatic rings. The van der Waals surface area contributed by atoms with Gasteiger partial charge in [-0.3, -0.25) is 9.78 Å². The first-order valence-electron chi connectivity index (χ1n) is 9.36. The Morgan fingerprint density at radius 1 is 1.11 bits per heavy atom. The first-order chi connectivity index (χ1) is 13.2. The van der Waals surface area contributed by atoms with Crippen LogP contribution in [0.25, 0.3) is 5.82 Å². The summed E-state index contributed by atoms with van der Waals surface area (Å²) in [5.41, 5.74) is 2.59. The van der Waals surface area contributed by atoms with Crippen molar-refractivity contribution in [3.05, 3.63) is 72.4 Å². The van der Waals surface area contributed by atoms with Gasteiger partial charge >= 0.3 is 0 Å². The van der Waals surface area contributed by atoms with E-state index in [2.05, 4.69) is 50.8 Å². The molecule has 1 spiro atoms. The Bertz CT molecular complexity index is 999. The van der Waals surface area contributed by atoms with Crippen molar-refractivity contribution in [2.75, 3.05) is 24.5 Å². The van der Waals surface area contributed by atoms with Crippen molar-refractivity contribution in [3.8, 4) is 5.82 Å². The Labute approximate surface area is 158 Å². The lowest BCUT2D eigenvalue weighted by atomic mass is 9.89. The molecule has 0 aromatic carbocycles. The third-order valence-electron chi connectivity index (χ3n) is 5.76. The van der Waals surface area contributed by atoms with Crippen molar-refractivity contribution < 1.29 is 4.79 Å². The van der Waals surface area contributed by atoms with Gasteiger partial charge in [-0.05, 0) is 49.7 Å². The van der Waals surface area contributed by atoms with E-state index in [-0.39, 0.29) is 11.4 Å². The molecule has 0 N–H and O–H groups in total. The lowest BCUT2D eigenvalue weighted by Crippen LogP contribution is -2.52. The fraction of sp³-hybridized carbons (Fsp3) is 0.286. The number of rotatable bonds is 2. The molecule has 1 unspecified atom stereocenters. The largest absolute Gasteiger partial charge is 0.356 e. The molecule has 0 bridgehead atoms. The number of nitrogens with zero attached hydrogens (tertiary/aromatic N) is 5. The Hall–Kier alpha value is -3.15. The van der Waals surface area contributed by atoms with Crippen LogP contribution < -0.4 is 4.90 Å². The fourth-order valence-electron chi connectivity index (χ4n) is 4.62. The van der Waals surface area contributed by atoms with E-state index in [0.717, 1.165) is 24.5 Å². The highest BCUT2D eigenvalue weighted by atomic mass is 16.2. The van der Waals surface area contributed by atoms with E-state index in [9.17, 15) is 4.79 Å². The lowest BCUT2D eigenvalue weighted by molar-refractivity contribution is 0.0776. The summed E-state index contributed by atoms with van der Waals surface area (Å²) in [7, 11) is 0. The molecule has 2 aliphatic heterocycles. The van der Waals surface area contributed by atoms with Crippen LogP contribution in [0.5, 0.6) is 0 Å². The normalized spacial score (nSPS) is 20.6. The van der Waals surface area contributed by atoms with Gasteiger partial charge in [-0.25, -0.2) is 4.98 Å². The van der Waals surface area contributed by atoms with Crippen LogP contribution in [0, 0.1) is 0 Å². The third-order valence-corrected chi connectivity index (χ3v) is 5.76. The van der Waals surface area contributed by atoms with Gasteiger partial charge in [0.1, 0.15) is 11.2 Å². The summed E-state index contributed by atoms with van der Waals surface area (Å²) in [6.45, 7) is 4.39. The highest BCUT2D eigenvalue weighted by molar-refractivity contribution is 5.92. The van der Waals surface area contributed by atoms with Crippen LogP contribution >= 0.6 is 0 Å². The SMILES string of the molecule is CCN1c2cccnc2-n2cccc2C12CCN(C(=O)c1ccccn1)C2. The van der Waals surface area contributed by atoms with Gasteiger partial charge in [0.2, 0.25) is 0 Å². The van der Waals surface area contributed by atoms with Gasteiger partial charge in [-0.2, -0.15) is 0 Å². The third kappa shape index (κ3) is 2.22. The second-order valence-electron chi connectivity index (χ2n) is 7.08. The topological polar surface area (TPSA) is 54.3 Å². The molecular formula is C21H21N5O. The zero-order valence-corrected chi connectivity index (χ0v) is 15.2. The molecule has 136 valence electrons. The molecule has 1 amide bonds. The Morgan fingerprint density at radius 3 is 2.81 bits per heavy atom. The monoisotopic (exact) mass is 359 g/mol. The molecule has 6 nitrogen and oxygen atoms in total. The van der Waals surface area contributed by atoms with Gasteiger partial charge in [0.25, 0.3) is 5.91 Å². The number of pyridine rings is 2.